The van der Waals surface area contributed by atoms with E-state index in [1.807, 2.05) is 0 Å². The van der Waals surface area contributed by atoms with Gasteiger partial charge in [-0.3, -0.25) is 29.8 Å². The van der Waals surface area contributed by atoms with E-state index in [2.05, 4.69) is 4.98 Å². The van der Waals surface area contributed by atoms with E-state index in [0.717, 1.165) is 33.2 Å². The number of hydrogen-bond donors (Lipinski definition) is 0. The van der Waals surface area contributed by atoms with Crippen molar-refractivity contribution in [3.63, 3.8) is 0 Å². The molecule has 0 unspecified atom stereocenters. The average Bonchev–Trinajstić information content (AvgIpc) is 3.05. The number of non-ortho nitro benzene ring substituents is 2. The molecule has 2 amide bonds. The van der Waals surface area contributed by atoms with Gasteiger partial charge >= 0.3 is 0 Å². The van der Waals surface area contributed by atoms with E-state index in [4.69, 9.17) is 0 Å². The zero-order valence-corrected chi connectivity index (χ0v) is 16.6. The summed E-state index contributed by atoms with van der Waals surface area (Å²) in [6.45, 7) is 3.48. The zero-order valence-electron chi connectivity index (χ0n) is 15.8. The minimum Gasteiger partial charge on any atom is -0.268 e. The van der Waals surface area contributed by atoms with Crippen molar-refractivity contribution in [1.29, 1.82) is 0 Å². The number of carbonyl (C=O) groups excluding carboxylic acids is 2. The van der Waals surface area contributed by atoms with Crippen LogP contribution in [0.15, 0.2) is 48.5 Å². The van der Waals surface area contributed by atoms with Gasteiger partial charge < -0.3 is 0 Å². The molecular formula is C19H14N4O6S. The Kier molecular flexibility index (Phi) is 5.65. The van der Waals surface area contributed by atoms with Crippen molar-refractivity contribution in [3.05, 3.63) is 90.5 Å². The molecule has 0 N–H and O–H groups in total. The van der Waals surface area contributed by atoms with Gasteiger partial charge in [0.15, 0.2) is 5.13 Å². The fraction of sp³-hybridized carbons (Fsp3) is 0.105. The maximum Gasteiger partial charge on any atom is 0.270 e. The van der Waals surface area contributed by atoms with Crippen molar-refractivity contribution < 1.29 is 19.4 Å². The number of carbonyl (C=O) groups is 2. The number of imide groups is 1. The number of nitrogens with zero attached hydrogens (tertiary/aromatic N) is 4. The quantitative estimate of drug-likeness (QED) is 0.341. The van der Waals surface area contributed by atoms with Gasteiger partial charge in [0.05, 0.1) is 15.5 Å². The number of thiazole rings is 1. The molecular weight excluding hydrogens is 412 g/mol. The molecule has 0 aliphatic heterocycles. The zero-order chi connectivity index (χ0) is 22.0. The lowest BCUT2D eigenvalue weighted by atomic mass is 10.1. The molecule has 2 aromatic carbocycles. The molecule has 3 aromatic rings. The predicted molar refractivity (Wildman–Crippen MR) is 109 cm³/mol. The van der Waals surface area contributed by atoms with E-state index in [0.29, 0.717) is 5.69 Å². The smallest absolute Gasteiger partial charge is 0.268 e. The number of amides is 2. The maximum atomic E-state index is 13.2. The minimum absolute atomic E-state index is 0.0676. The summed E-state index contributed by atoms with van der Waals surface area (Å²) in [6, 6.07) is 9.92. The third kappa shape index (κ3) is 4.05. The van der Waals surface area contributed by atoms with Gasteiger partial charge in [0.25, 0.3) is 23.2 Å². The van der Waals surface area contributed by atoms with Gasteiger partial charge in [-0.15, -0.1) is 11.3 Å². The molecule has 3 rings (SSSR count). The highest BCUT2D eigenvalue weighted by Crippen LogP contribution is 2.29. The van der Waals surface area contributed by atoms with Crippen molar-refractivity contribution in [2.75, 3.05) is 4.90 Å². The van der Waals surface area contributed by atoms with Crippen LogP contribution in [0.4, 0.5) is 16.5 Å². The van der Waals surface area contributed by atoms with Crippen molar-refractivity contribution in [1.82, 2.24) is 4.98 Å². The van der Waals surface area contributed by atoms with Crippen LogP contribution in [0.3, 0.4) is 0 Å². The second-order valence-electron chi connectivity index (χ2n) is 6.20. The molecule has 1 heterocycles. The number of hydrogen-bond acceptors (Lipinski definition) is 8. The SMILES string of the molecule is Cc1nc(N(C(=O)c2cccc([N+](=O)[O-])c2)C(=O)c2cccc([N+](=O)[O-])c2)sc1C. The molecule has 0 fully saturated rings. The highest BCUT2D eigenvalue weighted by Gasteiger charge is 2.30. The predicted octanol–water partition coefficient (Wildman–Crippen LogP) is 4.06. The number of nitro benzene ring substituents is 2. The first-order valence-corrected chi connectivity index (χ1v) is 9.32. The third-order valence-corrected chi connectivity index (χ3v) is 5.28. The second-order valence-corrected chi connectivity index (χ2v) is 7.38. The molecule has 0 saturated heterocycles. The number of anilines is 1. The second kappa shape index (κ2) is 8.17. The first-order valence-electron chi connectivity index (χ1n) is 8.50. The Labute approximate surface area is 173 Å². The van der Waals surface area contributed by atoms with E-state index < -0.39 is 21.7 Å². The first-order chi connectivity index (χ1) is 14.2. The van der Waals surface area contributed by atoms with Gasteiger partial charge in [-0.1, -0.05) is 12.1 Å². The number of nitro groups is 2. The maximum absolute atomic E-state index is 13.2. The number of aromatic nitrogens is 1. The van der Waals surface area contributed by atoms with Gasteiger partial charge in [0.2, 0.25) is 0 Å². The summed E-state index contributed by atoms with van der Waals surface area (Å²) in [4.78, 5) is 53.0. The Hall–Kier alpha value is -3.99. The molecule has 10 nitrogen and oxygen atoms in total. The van der Waals surface area contributed by atoms with Crippen molar-refractivity contribution >= 4 is 39.7 Å². The number of aryl methyl sites for hydroxylation is 2. The van der Waals surface area contributed by atoms with E-state index >= 15 is 0 Å². The molecule has 30 heavy (non-hydrogen) atoms. The topological polar surface area (TPSA) is 137 Å². The van der Waals surface area contributed by atoms with Crippen molar-refractivity contribution in [3.8, 4) is 0 Å². The van der Waals surface area contributed by atoms with E-state index in [1.165, 1.54) is 36.4 Å². The largest absolute Gasteiger partial charge is 0.270 e. The van der Waals surface area contributed by atoms with Crippen LogP contribution in [0.1, 0.15) is 31.3 Å². The fourth-order valence-corrected chi connectivity index (χ4v) is 3.49. The van der Waals surface area contributed by atoms with Crippen LogP contribution < -0.4 is 4.90 Å². The highest BCUT2D eigenvalue weighted by atomic mass is 32.1. The third-order valence-electron chi connectivity index (χ3n) is 4.22. The Morgan fingerprint density at radius 2 is 1.37 bits per heavy atom. The van der Waals surface area contributed by atoms with Crippen LogP contribution in [0.5, 0.6) is 0 Å². The Morgan fingerprint density at radius 1 is 0.900 bits per heavy atom. The van der Waals surface area contributed by atoms with Gasteiger partial charge in [-0.05, 0) is 26.0 Å². The lowest BCUT2D eigenvalue weighted by molar-refractivity contribution is -0.385. The van der Waals surface area contributed by atoms with E-state index in [1.54, 1.807) is 13.8 Å². The van der Waals surface area contributed by atoms with E-state index in [9.17, 15) is 29.8 Å². The average molecular weight is 426 g/mol. The normalized spacial score (nSPS) is 10.5. The summed E-state index contributed by atoms with van der Waals surface area (Å²) in [5.74, 6) is -1.66. The van der Waals surface area contributed by atoms with Crippen LogP contribution in [0.25, 0.3) is 0 Å². The monoisotopic (exact) mass is 426 g/mol. The summed E-state index contributed by atoms with van der Waals surface area (Å²) in [5, 5.41) is 22.2. The van der Waals surface area contributed by atoms with Crippen LogP contribution in [-0.4, -0.2) is 26.6 Å². The molecule has 1 aromatic heterocycles. The summed E-state index contributed by atoms with van der Waals surface area (Å²) in [7, 11) is 0. The molecule has 0 bridgehead atoms. The van der Waals surface area contributed by atoms with Crippen LogP contribution in [0.2, 0.25) is 0 Å². The molecule has 11 heteroatoms. The van der Waals surface area contributed by atoms with Gasteiger partial charge in [0, 0.05) is 40.3 Å². The molecule has 0 saturated carbocycles. The molecule has 0 atom stereocenters. The Morgan fingerprint density at radius 3 is 1.73 bits per heavy atom. The molecule has 0 spiro atoms. The number of benzene rings is 2. The summed E-state index contributed by atoms with van der Waals surface area (Å²) in [6.07, 6.45) is 0. The molecule has 152 valence electrons. The molecule has 0 aliphatic rings. The summed E-state index contributed by atoms with van der Waals surface area (Å²) >= 11 is 1.09. The number of rotatable bonds is 5. The van der Waals surface area contributed by atoms with Gasteiger partial charge in [0.1, 0.15) is 0 Å². The molecule has 0 radical (unpaired) electrons. The molecule has 0 aliphatic carbocycles. The van der Waals surface area contributed by atoms with Crippen LogP contribution in [-0.2, 0) is 0 Å². The Bertz CT molecular complexity index is 1100. The Balaban J connectivity index is 2.11. The lowest BCUT2D eigenvalue weighted by Gasteiger charge is -2.18. The van der Waals surface area contributed by atoms with Crippen LogP contribution >= 0.6 is 11.3 Å². The summed E-state index contributed by atoms with van der Waals surface area (Å²) < 4.78 is 0. The van der Waals surface area contributed by atoms with Gasteiger partial charge in [-0.25, -0.2) is 9.88 Å². The highest BCUT2D eigenvalue weighted by molar-refractivity contribution is 7.16. The van der Waals surface area contributed by atoms with Gasteiger partial charge in [-0.2, -0.15) is 0 Å². The van der Waals surface area contributed by atoms with Crippen molar-refractivity contribution in [2.45, 2.75) is 13.8 Å². The van der Waals surface area contributed by atoms with Crippen LogP contribution in [0, 0.1) is 34.1 Å². The minimum atomic E-state index is -0.830. The van der Waals surface area contributed by atoms with Crippen molar-refractivity contribution in [2.24, 2.45) is 0 Å². The first kappa shape index (κ1) is 20.7. The van der Waals surface area contributed by atoms with E-state index in [-0.39, 0.29) is 27.6 Å². The lowest BCUT2D eigenvalue weighted by Crippen LogP contribution is -2.37. The fourth-order valence-electron chi connectivity index (χ4n) is 2.58. The summed E-state index contributed by atoms with van der Waals surface area (Å²) in [5.41, 5.74) is -0.189. The standard InChI is InChI=1S/C19H14N4O6S/c1-11-12(2)30-19(20-11)21(17(24)13-5-3-7-15(9-13)22(26)27)18(25)14-6-4-8-16(10-14)23(28)29/h3-10H,1-2H3.